The maximum Gasteiger partial charge on any atom is 0.230 e. The third-order valence-electron chi connectivity index (χ3n) is 5.63. The zero-order valence-electron chi connectivity index (χ0n) is 16.2. The Morgan fingerprint density at radius 2 is 1.89 bits per heavy atom. The fourth-order valence-electron chi connectivity index (χ4n) is 3.72. The van der Waals surface area contributed by atoms with E-state index >= 15 is 0 Å². The molecule has 1 aromatic heterocycles. The highest BCUT2D eigenvalue weighted by Gasteiger charge is 2.33. The van der Waals surface area contributed by atoms with E-state index in [9.17, 15) is 4.79 Å². The Bertz CT molecular complexity index is 877. The van der Waals surface area contributed by atoms with Crippen molar-refractivity contribution in [2.24, 2.45) is 11.8 Å². The van der Waals surface area contributed by atoms with Gasteiger partial charge in [0.15, 0.2) is 0 Å². The lowest BCUT2D eigenvalue weighted by molar-refractivity contribution is -0.123. The molecule has 2 fully saturated rings. The summed E-state index contributed by atoms with van der Waals surface area (Å²) in [5.41, 5.74) is 2.59. The van der Waals surface area contributed by atoms with E-state index in [1.165, 1.54) is 18.4 Å². The number of piperidine rings is 1. The smallest absolute Gasteiger partial charge is 0.230 e. The van der Waals surface area contributed by atoms with E-state index in [1.54, 1.807) is 12.3 Å². The van der Waals surface area contributed by atoms with E-state index in [-0.39, 0.29) is 11.8 Å². The van der Waals surface area contributed by atoms with Crippen LogP contribution in [0.5, 0.6) is 0 Å². The third kappa shape index (κ3) is 4.14. The lowest BCUT2D eigenvalue weighted by Crippen LogP contribution is -2.44. The van der Waals surface area contributed by atoms with Gasteiger partial charge < -0.3 is 9.80 Å². The van der Waals surface area contributed by atoms with Crippen molar-refractivity contribution in [1.82, 2.24) is 9.97 Å². The molecule has 1 aliphatic heterocycles. The number of amides is 1. The first-order valence-electron chi connectivity index (χ1n) is 10.00. The number of benzene rings is 1. The van der Waals surface area contributed by atoms with Crippen LogP contribution in [0.3, 0.4) is 0 Å². The minimum atomic E-state index is 0.0236. The number of anilines is 2. The zero-order chi connectivity index (χ0) is 19.5. The van der Waals surface area contributed by atoms with Gasteiger partial charge in [-0.3, -0.25) is 4.79 Å². The van der Waals surface area contributed by atoms with Gasteiger partial charge in [0.1, 0.15) is 11.8 Å². The second kappa shape index (κ2) is 7.97. The summed E-state index contributed by atoms with van der Waals surface area (Å²) in [5.74, 6) is 1.49. The second-order valence-electron chi connectivity index (χ2n) is 7.84. The summed E-state index contributed by atoms with van der Waals surface area (Å²) in [7, 11) is 0. The van der Waals surface area contributed by atoms with E-state index in [0.29, 0.717) is 17.6 Å². The molecule has 1 saturated carbocycles. The van der Waals surface area contributed by atoms with Gasteiger partial charge in [-0.1, -0.05) is 17.7 Å². The number of carbonyl (C=O) groups excluding carboxylic acids is 1. The third-order valence-corrected chi connectivity index (χ3v) is 5.63. The Labute approximate surface area is 165 Å². The van der Waals surface area contributed by atoms with Crippen molar-refractivity contribution in [3.63, 3.8) is 0 Å². The summed E-state index contributed by atoms with van der Waals surface area (Å²) in [5, 5.41) is 9.03. The SMILES string of the molecule is Cc1ccc(N(CC2CC2)C(=O)C2CCN(c3nccc(C#N)n3)CC2)cc1. The Kier molecular flexibility index (Phi) is 5.25. The van der Waals surface area contributed by atoms with Crippen molar-refractivity contribution in [3.8, 4) is 6.07 Å². The van der Waals surface area contributed by atoms with Crippen LogP contribution in [0.15, 0.2) is 36.5 Å². The zero-order valence-corrected chi connectivity index (χ0v) is 16.2. The molecule has 0 spiro atoms. The number of nitrogens with zero attached hydrogens (tertiary/aromatic N) is 5. The van der Waals surface area contributed by atoms with Crippen LogP contribution in [0.25, 0.3) is 0 Å². The molecule has 0 radical (unpaired) electrons. The fourth-order valence-corrected chi connectivity index (χ4v) is 3.72. The molecule has 0 unspecified atom stereocenters. The number of aromatic nitrogens is 2. The van der Waals surface area contributed by atoms with Crippen molar-refractivity contribution in [1.29, 1.82) is 5.26 Å². The maximum atomic E-state index is 13.3. The van der Waals surface area contributed by atoms with Crippen LogP contribution in [0, 0.1) is 30.1 Å². The van der Waals surface area contributed by atoms with E-state index in [4.69, 9.17) is 5.26 Å². The number of hydrogen-bond donors (Lipinski definition) is 0. The van der Waals surface area contributed by atoms with E-state index in [1.807, 2.05) is 4.90 Å². The summed E-state index contributed by atoms with van der Waals surface area (Å²) in [4.78, 5) is 26.0. The Balaban J connectivity index is 1.43. The molecular weight excluding hydrogens is 350 g/mol. The van der Waals surface area contributed by atoms with Crippen LogP contribution in [0.4, 0.5) is 11.6 Å². The van der Waals surface area contributed by atoms with Gasteiger partial charge in [0.2, 0.25) is 11.9 Å². The Morgan fingerprint density at radius 3 is 2.54 bits per heavy atom. The minimum absolute atomic E-state index is 0.0236. The van der Waals surface area contributed by atoms with Gasteiger partial charge in [-0.25, -0.2) is 9.97 Å². The fraction of sp³-hybridized carbons (Fsp3) is 0.455. The van der Waals surface area contributed by atoms with Crippen LogP contribution < -0.4 is 9.80 Å². The molecule has 1 aromatic carbocycles. The molecule has 2 heterocycles. The molecule has 6 heteroatoms. The summed E-state index contributed by atoms with van der Waals surface area (Å²) in [6.07, 6.45) is 5.63. The Hall–Kier alpha value is -2.94. The first kappa shape index (κ1) is 18.4. The first-order valence-corrected chi connectivity index (χ1v) is 10.00. The molecule has 0 atom stereocenters. The van der Waals surface area contributed by atoms with Gasteiger partial charge in [0.25, 0.3) is 0 Å². The minimum Gasteiger partial charge on any atom is -0.341 e. The summed E-state index contributed by atoms with van der Waals surface area (Å²) in [6, 6.07) is 11.9. The van der Waals surface area contributed by atoms with Gasteiger partial charge in [0, 0.05) is 37.4 Å². The number of nitriles is 1. The molecule has 1 saturated heterocycles. The lowest BCUT2D eigenvalue weighted by atomic mass is 9.95. The Morgan fingerprint density at radius 1 is 1.18 bits per heavy atom. The van der Waals surface area contributed by atoms with Gasteiger partial charge >= 0.3 is 0 Å². The highest BCUT2D eigenvalue weighted by molar-refractivity contribution is 5.95. The molecule has 0 bridgehead atoms. The quantitative estimate of drug-likeness (QED) is 0.802. The van der Waals surface area contributed by atoms with Gasteiger partial charge in [-0.15, -0.1) is 0 Å². The van der Waals surface area contributed by atoms with Crippen molar-refractivity contribution >= 4 is 17.5 Å². The van der Waals surface area contributed by atoms with Gasteiger partial charge in [-0.05, 0) is 56.7 Å². The van der Waals surface area contributed by atoms with Crippen molar-refractivity contribution in [3.05, 3.63) is 47.8 Å². The molecule has 1 amide bonds. The molecule has 28 heavy (non-hydrogen) atoms. The van der Waals surface area contributed by atoms with Crippen LogP contribution in [0.1, 0.15) is 36.9 Å². The van der Waals surface area contributed by atoms with E-state index in [0.717, 1.165) is 38.2 Å². The van der Waals surface area contributed by atoms with Gasteiger partial charge in [0.05, 0.1) is 0 Å². The normalized spacial score (nSPS) is 17.2. The molecular formula is C22H25N5O. The first-order chi connectivity index (χ1) is 13.6. The van der Waals surface area contributed by atoms with Crippen LogP contribution >= 0.6 is 0 Å². The van der Waals surface area contributed by atoms with Crippen molar-refractivity contribution < 1.29 is 4.79 Å². The monoisotopic (exact) mass is 375 g/mol. The standard InChI is InChI=1S/C22H25N5O/c1-16-2-6-20(7-3-16)27(15-17-4-5-17)21(28)18-9-12-26(13-10-18)22-24-11-8-19(14-23)25-22/h2-3,6-8,11,17-18H,4-5,9-10,12-13,15H2,1H3. The molecule has 1 aliphatic carbocycles. The molecule has 144 valence electrons. The topological polar surface area (TPSA) is 73.1 Å². The number of aryl methyl sites for hydroxylation is 1. The maximum absolute atomic E-state index is 13.3. The lowest BCUT2D eigenvalue weighted by Gasteiger charge is -2.34. The largest absolute Gasteiger partial charge is 0.341 e. The second-order valence-corrected chi connectivity index (χ2v) is 7.84. The van der Waals surface area contributed by atoms with Crippen LogP contribution in [-0.2, 0) is 4.79 Å². The van der Waals surface area contributed by atoms with Crippen LogP contribution in [-0.4, -0.2) is 35.5 Å². The average molecular weight is 375 g/mol. The number of hydrogen-bond acceptors (Lipinski definition) is 5. The number of carbonyl (C=O) groups is 1. The molecule has 2 aliphatic rings. The molecule has 4 rings (SSSR count). The average Bonchev–Trinajstić information content (AvgIpc) is 3.57. The van der Waals surface area contributed by atoms with Crippen LogP contribution in [0.2, 0.25) is 0 Å². The number of rotatable bonds is 5. The van der Waals surface area contributed by atoms with E-state index < -0.39 is 0 Å². The predicted octanol–water partition coefficient (Wildman–Crippen LogP) is 3.32. The highest BCUT2D eigenvalue weighted by atomic mass is 16.2. The predicted molar refractivity (Wildman–Crippen MR) is 108 cm³/mol. The summed E-state index contributed by atoms with van der Waals surface area (Å²) in [6.45, 7) is 4.36. The summed E-state index contributed by atoms with van der Waals surface area (Å²) < 4.78 is 0. The molecule has 6 nitrogen and oxygen atoms in total. The van der Waals surface area contributed by atoms with Crippen molar-refractivity contribution in [2.45, 2.75) is 32.6 Å². The summed E-state index contributed by atoms with van der Waals surface area (Å²) >= 11 is 0. The molecule has 2 aromatic rings. The van der Waals surface area contributed by atoms with E-state index in [2.05, 4.69) is 52.1 Å². The van der Waals surface area contributed by atoms with Gasteiger partial charge in [-0.2, -0.15) is 5.26 Å². The molecule has 0 N–H and O–H groups in total. The van der Waals surface area contributed by atoms with Crippen molar-refractivity contribution in [2.75, 3.05) is 29.4 Å². The highest BCUT2D eigenvalue weighted by Crippen LogP contribution is 2.33.